The van der Waals surface area contributed by atoms with Crippen LogP contribution in [0.5, 0.6) is 0 Å². The molecule has 0 saturated heterocycles. The van der Waals surface area contributed by atoms with Crippen LogP contribution in [0.2, 0.25) is 0 Å². The van der Waals surface area contributed by atoms with Crippen LogP contribution in [0.4, 0.5) is 0 Å². The molecule has 0 aromatic rings. The average Bonchev–Trinajstić information content (AvgIpc) is 2.85. The van der Waals surface area contributed by atoms with Crippen molar-refractivity contribution in [2.45, 2.75) is 51.5 Å². The molecule has 0 spiro atoms. The van der Waals surface area contributed by atoms with Gasteiger partial charge in [-0.15, -0.1) is 0 Å². The Morgan fingerprint density at radius 1 is 1.27 bits per heavy atom. The van der Waals surface area contributed by atoms with Crippen molar-refractivity contribution in [1.82, 2.24) is 5.32 Å². The van der Waals surface area contributed by atoms with Gasteiger partial charge in [-0.05, 0) is 63.3 Å². The summed E-state index contributed by atoms with van der Waals surface area (Å²) in [5.41, 5.74) is 0. The fraction of sp³-hybridized carbons (Fsp3) is 1.00. The van der Waals surface area contributed by atoms with Gasteiger partial charge in [0.05, 0.1) is 0 Å². The molecule has 0 aliphatic heterocycles. The van der Waals surface area contributed by atoms with E-state index in [2.05, 4.69) is 12.2 Å². The molecule has 2 N–H and O–H groups in total. The maximum absolute atomic E-state index is 8.70. The van der Waals surface area contributed by atoms with Gasteiger partial charge in [0.25, 0.3) is 0 Å². The molecule has 0 aromatic carbocycles. The highest BCUT2D eigenvalue weighted by Gasteiger charge is 2.41. The third-order valence-electron chi connectivity index (χ3n) is 4.49. The highest BCUT2D eigenvalue weighted by atomic mass is 16.2. The minimum absolute atomic E-state index is 0.337. The lowest BCUT2D eigenvalue weighted by Crippen LogP contribution is -2.36. The van der Waals surface area contributed by atoms with Crippen molar-refractivity contribution in [3.63, 3.8) is 0 Å². The fourth-order valence-electron chi connectivity index (χ4n) is 3.62. The maximum Gasteiger partial charge on any atom is 0.0431 e. The highest BCUT2D eigenvalue weighted by Crippen LogP contribution is 2.49. The molecular weight excluding hydrogens is 186 g/mol. The number of hydrogen-bond donors (Lipinski definition) is 2. The molecule has 0 heterocycles. The predicted octanol–water partition coefficient (Wildman–Crippen LogP) is 2.17. The second-order valence-electron chi connectivity index (χ2n) is 5.51. The molecule has 2 rings (SSSR count). The van der Waals surface area contributed by atoms with Gasteiger partial charge in [0.1, 0.15) is 0 Å². The minimum Gasteiger partial charge on any atom is -0.396 e. The standard InChI is InChI=1S/C13H25NO/c1-10(14-6-2-3-7-15)13-9-11-4-5-12(13)8-11/h10-15H,2-9H2,1H3. The van der Waals surface area contributed by atoms with Crippen LogP contribution in [0, 0.1) is 17.8 Å². The SMILES string of the molecule is CC(NCCCCO)C1CC2CCC1C2. The van der Waals surface area contributed by atoms with Crippen molar-refractivity contribution < 1.29 is 5.11 Å². The first-order valence-corrected chi connectivity index (χ1v) is 6.65. The van der Waals surface area contributed by atoms with Gasteiger partial charge in [-0.25, -0.2) is 0 Å². The lowest BCUT2D eigenvalue weighted by atomic mass is 9.84. The second kappa shape index (κ2) is 5.31. The minimum atomic E-state index is 0.337. The molecule has 0 radical (unpaired) electrons. The van der Waals surface area contributed by atoms with Crippen LogP contribution in [0.25, 0.3) is 0 Å². The Kier molecular flexibility index (Phi) is 4.04. The Hall–Kier alpha value is -0.0800. The van der Waals surface area contributed by atoms with Crippen molar-refractivity contribution in [3.05, 3.63) is 0 Å². The van der Waals surface area contributed by atoms with Gasteiger partial charge in [0.2, 0.25) is 0 Å². The molecule has 2 bridgehead atoms. The van der Waals surface area contributed by atoms with E-state index in [1.54, 1.807) is 0 Å². The Balaban J connectivity index is 1.65. The Morgan fingerprint density at radius 3 is 2.73 bits per heavy atom. The first kappa shape index (κ1) is 11.4. The Morgan fingerprint density at radius 2 is 2.13 bits per heavy atom. The molecule has 2 fully saturated rings. The number of hydrogen-bond acceptors (Lipinski definition) is 2. The largest absolute Gasteiger partial charge is 0.396 e. The van der Waals surface area contributed by atoms with E-state index in [4.69, 9.17) is 5.11 Å². The van der Waals surface area contributed by atoms with E-state index in [1.807, 2.05) is 0 Å². The van der Waals surface area contributed by atoms with Gasteiger partial charge in [-0.1, -0.05) is 6.42 Å². The van der Waals surface area contributed by atoms with Crippen LogP contribution in [0.1, 0.15) is 45.4 Å². The second-order valence-corrected chi connectivity index (χ2v) is 5.51. The number of aliphatic hydroxyl groups excluding tert-OH is 1. The maximum atomic E-state index is 8.70. The molecule has 2 heteroatoms. The molecule has 2 aliphatic rings. The highest BCUT2D eigenvalue weighted by molar-refractivity contribution is 4.93. The van der Waals surface area contributed by atoms with Gasteiger partial charge in [-0.2, -0.15) is 0 Å². The zero-order chi connectivity index (χ0) is 10.7. The first-order valence-electron chi connectivity index (χ1n) is 6.65. The van der Waals surface area contributed by atoms with E-state index in [0.29, 0.717) is 12.6 Å². The van der Waals surface area contributed by atoms with Gasteiger partial charge in [0, 0.05) is 12.6 Å². The third-order valence-corrected chi connectivity index (χ3v) is 4.49. The topological polar surface area (TPSA) is 32.3 Å². The molecule has 88 valence electrons. The normalized spacial score (nSPS) is 36.0. The van der Waals surface area contributed by atoms with E-state index in [0.717, 1.165) is 37.1 Å². The summed E-state index contributed by atoms with van der Waals surface area (Å²) in [4.78, 5) is 0. The third kappa shape index (κ3) is 2.73. The van der Waals surface area contributed by atoms with Gasteiger partial charge in [0.15, 0.2) is 0 Å². The number of aliphatic hydroxyl groups is 1. The number of fused-ring (bicyclic) bond motifs is 2. The summed E-state index contributed by atoms with van der Waals surface area (Å²) in [6.07, 6.45) is 8.01. The molecule has 4 atom stereocenters. The molecule has 0 amide bonds. The molecule has 4 unspecified atom stereocenters. The summed E-state index contributed by atoms with van der Waals surface area (Å²) in [6, 6.07) is 0.694. The lowest BCUT2D eigenvalue weighted by molar-refractivity contribution is 0.253. The van der Waals surface area contributed by atoms with Crippen LogP contribution in [0.15, 0.2) is 0 Å². The van der Waals surface area contributed by atoms with Gasteiger partial charge in [-0.3, -0.25) is 0 Å². The Bertz CT molecular complexity index is 195. The summed E-state index contributed by atoms with van der Waals surface area (Å²) in [5, 5.41) is 12.3. The fourth-order valence-corrected chi connectivity index (χ4v) is 3.62. The van der Waals surface area contributed by atoms with Crippen LogP contribution in [-0.4, -0.2) is 24.3 Å². The summed E-state index contributed by atoms with van der Waals surface area (Å²) in [6.45, 7) is 3.77. The number of rotatable bonds is 6. The van der Waals surface area contributed by atoms with Gasteiger partial charge >= 0.3 is 0 Å². The molecule has 2 nitrogen and oxygen atoms in total. The van der Waals surface area contributed by atoms with Crippen molar-refractivity contribution in [2.75, 3.05) is 13.2 Å². The molecule has 2 aliphatic carbocycles. The van der Waals surface area contributed by atoms with Gasteiger partial charge < -0.3 is 10.4 Å². The van der Waals surface area contributed by atoms with Crippen molar-refractivity contribution in [2.24, 2.45) is 17.8 Å². The molecular formula is C13H25NO. The van der Waals surface area contributed by atoms with Crippen LogP contribution in [0.3, 0.4) is 0 Å². The first-order chi connectivity index (χ1) is 7.31. The summed E-state index contributed by atoms with van der Waals surface area (Å²) >= 11 is 0. The van der Waals surface area contributed by atoms with E-state index in [9.17, 15) is 0 Å². The van der Waals surface area contributed by atoms with E-state index in [-0.39, 0.29) is 0 Å². The van der Waals surface area contributed by atoms with E-state index < -0.39 is 0 Å². The molecule has 0 aromatic heterocycles. The van der Waals surface area contributed by atoms with Crippen molar-refractivity contribution in [3.8, 4) is 0 Å². The quantitative estimate of drug-likeness (QED) is 0.660. The van der Waals surface area contributed by atoms with E-state index in [1.165, 1.54) is 25.7 Å². The lowest BCUT2D eigenvalue weighted by Gasteiger charge is -2.28. The van der Waals surface area contributed by atoms with Crippen LogP contribution in [-0.2, 0) is 0 Å². The molecule has 15 heavy (non-hydrogen) atoms. The summed E-state index contributed by atoms with van der Waals surface area (Å²) in [7, 11) is 0. The number of unbranched alkanes of at least 4 members (excludes halogenated alkanes) is 1. The van der Waals surface area contributed by atoms with Crippen molar-refractivity contribution in [1.29, 1.82) is 0 Å². The predicted molar refractivity (Wildman–Crippen MR) is 62.7 cm³/mol. The summed E-state index contributed by atoms with van der Waals surface area (Å²) in [5.74, 6) is 3.02. The van der Waals surface area contributed by atoms with Crippen molar-refractivity contribution >= 4 is 0 Å². The zero-order valence-electron chi connectivity index (χ0n) is 9.91. The van der Waals surface area contributed by atoms with Crippen LogP contribution < -0.4 is 5.32 Å². The van der Waals surface area contributed by atoms with Crippen LogP contribution >= 0.6 is 0 Å². The zero-order valence-corrected chi connectivity index (χ0v) is 9.91. The molecule has 2 saturated carbocycles. The Labute approximate surface area is 93.5 Å². The number of nitrogens with one attached hydrogen (secondary N) is 1. The summed E-state index contributed by atoms with van der Waals surface area (Å²) < 4.78 is 0. The average molecular weight is 211 g/mol. The van der Waals surface area contributed by atoms with E-state index >= 15 is 0 Å². The smallest absolute Gasteiger partial charge is 0.0431 e. The monoisotopic (exact) mass is 211 g/mol.